The lowest BCUT2D eigenvalue weighted by molar-refractivity contribution is -0.384. The van der Waals surface area contributed by atoms with E-state index in [0.717, 1.165) is 0 Å². The summed E-state index contributed by atoms with van der Waals surface area (Å²) in [6, 6.07) is 6.14. The average Bonchev–Trinajstić information content (AvgIpc) is 2.35. The maximum atomic E-state index is 10.8. The van der Waals surface area contributed by atoms with Gasteiger partial charge in [0.05, 0.1) is 22.7 Å². The summed E-state index contributed by atoms with van der Waals surface area (Å²) >= 11 is 0. The second-order valence-electron chi connectivity index (χ2n) is 3.53. The number of methoxy groups -OCH3 is 1. The number of ether oxygens (including phenoxy) is 1. The predicted molar refractivity (Wildman–Crippen MR) is 62.8 cm³/mol. The second-order valence-corrected chi connectivity index (χ2v) is 3.53. The Morgan fingerprint density at radius 3 is 2.88 bits per heavy atom. The number of nitriles is 1. The summed E-state index contributed by atoms with van der Waals surface area (Å²) in [6.45, 7) is 2.28. The van der Waals surface area contributed by atoms with Crippen LogP contribution in [0.1, 0.15) is 12.5 Å². The minimum atomic E-state index is -0.485. The van der Waals surface area contributed by atoms with Crippen molar-refractivity contribution in [3.05, 3.63) is 33.9 Å². The number of nitro groups is 1. The van der Waals surface area contributed by atoms with Crippen LogP contribution in [0.15, 0.2) is 18.2 Å². The number of benzene rings is 1. The maximum absolute atomic E-state index is 10.8. The molecule has 1 atom stereocenters. The SMILES string of the molecule is COC(C)CNc1cc(C#N)ccc1[N+](=O)[O-]. The van der Waals surface area contributed by atoms with E-state index in [0.29, 0.717) is 17.8 Å². The maximum Gasteiger partial charge on any atom is 0.292 e. The van der Waals surface area contributed by atoms with Gasteiger partial charge in [0, 0.05) is 19.7 Å². The molecule has 1 aromatic carbocycles. The van der Waals surface area contributed by atoms with Crippen molar-refractivity contribution in [3.63, 3.8) is 0 Å². The molecule has 0 spiro atoms. The van der Waals surface area contributed by atoms with E-state index in [-0.39, 0.29) is 11.8 Å². The van der Waals surface area contributed by atoms with Crippen LogP contribution in [0.4, 0.5) is 11.4 Å². The molecule has 6 heteroatoms. The fraction of sp³-hybridized carbons (Fsp3) is 0.364. The van der Waals surface area contributed by atoms with Crippen LogP contribution in [0.25, 0.3) is 0 Å². The van der Waals surface area contributed by atoms with Gasteiger partial charge in [0.25, 0.3) is 5.69 Å². The number of anilines is 1. The van der Waals surface area contributed by atoms with Gasteiger partial charge in [0.15, 0.2) is 0 Å². The topological polar surface area (TPSA) is 88.2 Å². The smallest absolute Gasteiger partial charge is 0.292 e. The monoisotopic (exact) mass is 235 g/mol. The first kappa shape index (κ1) is 12.9. The predicted octanol–water partition coefficient (Wildman–Crippen LogP) is 1.91. The molecule has 1 rings (SSSR count). The Kier molecular flexibility index (Phi) is 4.43. The summed E-state index contributed by atoms with van der Waals surface area (Å²) in [5.74, 6) is 0. The zero-order chi connectivity index (χ0) is 12.8. The van der Waals surface area contributed by atoms with Crippen molar-refractivity contribution in [3.8, 4) is 6.07 Å². The van der Waals surface area contributed by atoms with Crippen molar-refractivity contribution in [2.75, 3.05) is 19.0 Å². The summed E-state index contributed by atoms with van der Waals surface area (Å²) in [5, 5.41) is 22.4. The summed E-state index contributed by atoms with van der Waals surface area (Å²) in [5.41, 5.74) is 0.661. The third kappa shape index (κ3) is 3.43. The molecule has 0 aliphatic heterocycles. The molecule has 1 N–H and O–H groups in total. The summed E-state index contributed by atoms with van der Waals surface area (Å²) in [4.78, 5) is 10.3. The molecule has 17 heavy (non-hydrogen) atoms. The first-order valence-corrected chi connectivity index (χ1v) is 5.03. The molecule has 0 saturated carbocycles. The van der Waals surface area contributed by atoms with Gasteiger partial charge in [-0.05, 0) is 19.1 Å². The van der Waals surface area contributed by atoms with Gasteiger partial charge in [-0.1, -0.05) is 0 Å². The Bertz CT molecular complexity index is 454. The lowest BCUT2D eigenvalue weighted by Gasteiger charge is -2.12. The molecule has 6 nitrogen and oxygen atoms in total. The van der Waals surface area contributed by atoms with Crippen LogP contribution in [-0.4, -0.2) is 24.7 Å². The summed E-state index contributed by atoms with van der Waals surface area (Å²) in [6.07, 6.45) is -0.0691. The van der Waals surface area contributed by atoms with E-state index >= 15 is 0 Å². The highest BCUT2D eigenvalue weighted by atomic mass is 16.6. The lowest BCUT2D eigenvalue weighted by Crippen LogP contribution is -2.18. The molecular formula is C11H13N3O3. The molecule has 1 unspecified atom stereocenters. The van der Waals surface area contributed by atoms with E-state index in [4.69, 9.17) is 10.00 Å². The summed E-state index contributed by atoms with van der Waals surface area (Å²) < 4.78 is 5.03. The zero-order valence-corrected chi connectivity index (χ0v) is 9.64. The van der Waals surface area contributed by atoms with E-state index in [9.17, 15) is 10.1 Å². The van der Waals surface area contributed by atoms with Crippen LogP contribution in [0.5, 0.6) is 0 Å². The molecule has 0 saturated heterocycles. The Morgan fingerprint density at radius 1 is 1.65 bits per heavy atom. The van der Waals surface area contributed by atoms with Crippen LogP contribution < -0.4 is 5.32 Å². The van der Waals surface area contributed by atoms with Gasteiger partial charge >= 0.3 is 0 Å². The highest BCUT2D eigenvalue weighted by molar-refractivity contribution is 5.64. The minimum Gasteiger partial charge on any atom is -0.380 e. The quantitative estimate of drug-likeness (QED) is 0.622. The van der Waals surface area contributed by atoms with Crippen molar-refractivity contribution >= 4 is 11.4 Å². The molecule has 1 aromatic rings. The van der Waals surface area contributed by atoms with Crippen molar-refractivity contribution in [1.82, 2.24) is 0 Å². The average molecular weight is 235 g/mol. The largest absolute Gasteiger partial charge is 0.380 e. The molecule has 0 aliphatic rings. The van der Waals surface area contributed by atoms with Crippen LogP contribution in [0.2, 0.25) is 0 Å². The zero-order valence-electron chi connectivity index (χ0n) is 9.64. The van der Waals surface area contributed by atoms with Gasteiger partial charge in [0.2, 0.25) is 0 Å². The molecule has 0 amide bonds. The Hall–Kier alpha value is -2.13. The van der Waals surface area contributed by atoms with Crippen molar-refractivity contribution < 1.29 is 9.66 Å². The number of hydrogen-bond donors (Lipinski definition) is 1. The fourth-order valence-corrected chi connectivity index (χ4v) is 1.24. The number of nitrogens with zero attached hydrogens (tertiary/aromatic N) is 2. The number of nitro benzene ring substituents is 1. The van der Waals surface area contributed by atoms with Gasteiger partial charge in [-0.3, -0.25) is 10.1 Å². The Morgan fingerprint density at radius 2 is 2.35 bits per heavy atom. The third-order valence-electron chi connectivity index (χ3n) is 2.30. The van der Waals surface area contributed by atoms with Crippen molar-refractivity contribution in [2.45, 2.75) is 13.0 Å². The molecule has 0 radical (unpaired) electrons. The molecule has 90 valence electrons. The lowest BCUT2D eigenvalue weighted by atomic mass is 10.2. The van der Waals surface area contributed by atoms with Gasteiger partial charge < -0.3 is 10.1 Å². The fourth-order valence-electron chi connectivity index (χ4n) is 1.24. The van der Waals surface area contributed by atoms with Crippen LogP contribution >= 0.6 is 0 Å². The van der Waals surface area contributed by atoms with Crippen LogP contribution in [0.3, 0.4) is 0 Å². The number of nitrogens with one attached hydrogen (secondary N) is 1. The first-order chi connectivity index (χ1) is 8.08. The van der Waals surface area contributed by atoms with Gasteiger partial charge in [0.1, 0.15) is 5.69 Å². The molecule has 0 aliphatic carbocycles. The first-order valence-electron chi connectivity index (χ1n) is 5.03. The van der Waals surface area contributed by atoms with E-state index < -0.39 is 4.92 Å². The molecule has 0 bridgehead atoms. The van der Waals surface area contributed by atoms with E-state index in [1.165, 1.54) is 18.2 Å². The van der Waals surface area contributed by atoms with Crippen LogP contribution in [-0.2, 0) is 4.74 Å². The molecular weight excluding hydrogens is 222 g/mol. The number of hydrogen-bond acceptors (Lipinski definition) is 5. The second kappa shape index (κ2) is 5.82. The third-order valence-corrected chi connectivity index (χ3v) is 2.30. The van der Waals surface area contributed by atoms with Crippen LogP contribution in [0, 0.1) is 21.4 Å². The summed E-state index contributed by atoms with van der Waals surface area (Å²) in [7, 11) is 1.56. The van der Waals surface area contributed by atoms with Gasteiger partial charge in [-0.25, -0.2) is 0 Å². The Balaban J connectivity index is 2.94. The highest BCUT2D eigenvalue weighted by Gasteiger charge is 2.14. The van der Waals surface area contributed by atoms with Crippen molar-refractivity contribution in [1.29, 1.82) is 5.26 Å². The normalized spacial score (nSPS) is 11.6. The van der Waals surface area contributed by atoms with E-state index in [2.05, 4.69) is 5.32 Å². The standard InChI is InChI=1S/C11H13N3O3/c1-8(17-2)7-13-10-5-9(6-12)3-4-11(10)14(15)16/h3-5,8,13H,7H2,1-2H3. The Labute approximate surface area is 99.0 Å². The van der Waals surface area contributed by atoms with Gasteiger partial charge in [-0.15, -0.1) is 0 Å². The highest BCUT2D eigenvalue weighted by Crippen LogP contribution is 2.25. The number of rotatable bonds is 5. The molecule has 0 heterocycles. The molecule has 0 fully saturated rings. The van der Waals surface area contributed by atoms with Gasteiger partial charge in [-0.2, -0.15) is 5.26 Å². The van der Waals surface area contributed by atoms with E-state index in [1.807, 2.05) is 13.0 Å². The molecule has 0 aromatic heterocycles. The van der Waals surface area contributed by atoms with E-state index in [1.54, 1.807) is 7.11 Å². The minimum absolute atomic E-state index is 0.0488. The van der Waals surface area contributed by atoms with Crippen molar-refractivity contribution in [2.24, 2.45) is 0 Å².